The van der Waals surface area contributed by atoms with Crippen LogP contribution in [0.15, 0.2) is 59.1 Å². The number of nitrogens with two attached hydrogens (primary N) is 1. The van der Waals surface area contributed by atoms with E-state index >= 15 is 0 Å². The quantitative estimate of drug-likeness (QED) is 0.525. The maximum Gasteiger partial charge on any atom is 0.251 e. The maximum atomic E-state index is 13.0. The molecule has 3 aromatic rings. The number of rotatable bonds is 8. The van der Waals surface area contributed by atoms with Crippen molar-refractivity contribution < 1.29 is 23.2 Å². The lowest BCUT2D eigenvalue weighted by Gasteiger charge is -2.06. The molecule has 4 N–H and O–H groups in total. The molecule has 0 spiro atoms. The Bertz CT molecular complexity index is 1050. The lowest BCUT2D eigenvalue weighted by molar-refractivity contribution is -0.117. The van der Waals surface area contributed by atoms with Crippen LogP contribution in [-0.4, -0.2) is 29.3 Å². The van der Waals surface area contributed by atoms with Gasteiger partial charge in [-0.15, -0.1) is 0 Å². The van der Waals surface area contributed by atoms with Gasteiger partial charge in [-0.2, -0.15) is 0 Å². The van der Waals surface area contributed by atoms with Crippen molar-refractivity contribution >= 4 is 23.4 Å². The summed E-state index contributed by atoms with van der Waals surface area (Å²) < 4.78 is 18.6. The number of primary amides is 1. The first-order chi connectivity index (χ1) is 14.4. The third kappa shape index (κ3) is 5.74. The van der Waals surface area contributed by atoms with Crippen LogP contribution >= 0.6 is 0 Å². The number of amides is 3. The van der Waals surface area contributed by atoms with E-state index in [1.54, 1.807) is 24.3 Å². The van der Waals surface area contributed by atoms with Crippen molar-refractivity contribution in [3.8, 4) is 11.3 Å². The van der Waals surface area contributed by atoms with Gasteiger partial charge in [-0.05, 0) is 48.5 Å². The van der Waals surface area contributed by atoms with Crippen LogP contribution in [0.5, 0.6) is 0 Å². The second kappa shape index (κ2) is 9.46. The number of aryl methyl sites for hydroxylation is 1. The minimum Gasteiger partial charge on any atom is -0.441 e. The number of benzene rings is 2. The molecule has 0 fully saturated rings. The largest absolute Gasteiger partial charge is 0.441 e. The third-order valence-corrected chi connectivity index (χ3v) is 4.10. The highest BCUT2D eigenvalue weighted by molar-refractivity contribution is 5.97. The molecule has 9 heteroatoms. The molecule has 0 atom stereocenters. The van der Waals surface area contributed by atoms with Crippen molar-refractivity contribution in [2.24, 2.45) is 5.73 Å². The van der Waals surface area contributed by atoms with Gasteiger partial charge in [-0.1, -0.05) is 0 Å². The van der Waals surface area contributed by atoms with E-state index in [4.69, 9.17) is 10.2 Å². The standard InChI is InChI=1S/C21H19FN4O4/c22-15-5-1-13(2-6-15)17-11-24-20(30-17)10-9-19(28)26-16-7-3-14(4-8-16)21(29)25-12-18(23)27/h1-8,11H,9-10,12H2,(H2,23,27)(H,25,29)(H,26,28). The van der Waals surface area contributed by atoms with Crippen LogP contribution in [0, 0.1) is 5.82 Å². The summed E-state index contributed by atoms with van der Waals surface area (Å²) in [6.07, 6.45) is 1.97. The van der Waals surface area contributed by atoms with Crippen LogP contribution in [0.3, 0.4) is 0 Å². The number of anilines is 1. The molecule has 2 aromatic carbocycles. The smallest absolute Gasteiger partial charge is 0.251 e. The van der Waals surface area contributed by atoms with Gasteiger partial charge < -0.3 is 20.8 Å². The molecule has 1 aromatic heterocycles. The number of nitrogens with zero attached hydrogens (tertiary/aromatic N) is 1. The number of halogens is 1. The van der Waals surface area contributed by atoms with Crippen LogP contribution in [0.1, 0.15) is 22.7 Å². The molecule has 0 aliphatic heterocycles. The number of carbonyl (C=O) groups excluding carboxylic acids is 3. The number of hydrogen-bond acceptors (Lipinski definition) is 5. The molecule has 3 rings (SSSR count). The SMILES string of the molecule is NC(=O)CNC(=O)c1ccc(NC(=O)CCc2ncc(-c3ccc(F)cc3)o2)cc1. The Morgan fingerprint density at radius 1 is 1.03 bits per heavy atom. The molecular weight excluding hydrogens is 391 g/mol. The molecule has 154 valence electrons. The number of carbonyl (C=O) groups is 3. The highest BCUT2D eigenvalue weighted by Gasteiger charge is 2.11. The van der Waals surface area contributed by atoms with Gasteiger partial charge in [-0.25, -0.2) is 9.37 Å². The third-order valence-electron chi connectivity index (χ3n) is 4.10. The lowest BCUT2D eigenvalue weighted by Crippen LogP contribution is -2.33. The summed E-state index contributed by atoms with van der Waals surface area (Å²) in [5.41, 5.74) is 6.53. The summed E-state index contributed by atoms with van der Waals surface area (Å²) in [6.45, 7) is -0.249. The van der Waals surface area contributed by atoms with Gasteiger partial charge >= 0.3 is 0 Å². The molecule has 0 radical (unpaired) electrons. The number of oxazole rings is 1. The Morgan fingerprint density at radius 3 is 2.40 bits per heavy atom. The summed E-state index contributed by atoms with van der Waals surface area (Å²) in [7, 11) is 0. The van der Waals surface area contributed by atoms with Gasteiger partial charge in [0.1, 0.15) is 5.82 Å². The van der Waals surface area contributed by atoms with Crippen molar-refractivity contribution in [3.05, 3.63) is 72.0 Å². The van der Waals surface area contributed by atoms with E-state index in [1.165, 1.54) is 30.5 Å². The van der Waals surface area contributed by atoms with Gasteiger partial charge in [0.25, 0.3) is 5.91 Å². The van der Waals surface area contributed by atoms with Gasteiger partial charge in [-0.3, -0.25) is 14.4 Å². The molecule has 1 heterocycles. The van der Waals surface area contributed by atoms with Crippen molar-refractivity contribution in [2.45, 2.75) is 12.8 Å². The maximum absolute atomic E-state index is 13.0. The van der Waals surface area contributed by atoms with Crippen molar-refractivity contribution in [2.75, 3.05) is 11.9 Å². The molecule has 0 aliphatic carbocycles. The van der Waals surface area contributed by atoms with E-state index in [0.29, 0.717) is 34.9 Å². The van der Waals surface area contributed by atoms with E-state index in [-0.39, 0.29) is 24.7 Å². The first kappa shape index (κ1) is 20.7. The Labute approximate surface area is 171 Å². The second-order valence-corrected chi connectivity index (χ2v) is 6.40. The molecule has 0 bridgehead atoms. The summed E-state index contributed by atoms with van der Waals surface area (Å²) in [5, 5.41) is 5.09. The number of hydrogen-bond donors (Lipinski definition) is 3. The van der Waals surface area contributed by atoms with E-state index in [1.807, 2.05) is 0 Å². The van der Waals surface area contributed by atoms with Crippen LogP contribution in [0.2, 0.25) is 0 Å². The van der Waals surface area contributed by atoms with Gasteiger partial charge in [0.15, 0.2) is 11.7 Å². The van der Waals surface area contributed by atoms with E-state index in [9.17, 15) is 18.8 Å². The molecule has 30 heavy (non-hydrogen) atoms. The fourth-order valence-electron chi connectivity index (χ4n) is 2.59. The second-order valence-electron chi connectivity index (χ2n) is 6.40. The fourth-order valence-corrected chi connectivity index (χ4v) is 2.59. The molecule has 3 amide bonds. The zero-order chi connectivity index (χ0) is 21.5. The average Bonchev–Trinajstić information content (AvgIpc) is 3.20. The summed E-state index contributed by atoms with van der Waals surface area (Å²) in [6, 6.07) is 12.0. The molecular formula is C21H19FN4O4. The topological polar surface area (TPSA) is 127 Å². The molecule has 0 aliphatic rings. The zero-order valence-electron chi connectivity index (χ0n) is 15.9. The number of aromatic nitrogens is 1. The first-order valence-electron chi connectivity index (χ1n) is 9.08. The van der Waals surface area contributed by atoms with Crippen molar-refractivity contribution in [3.63, 3.8) is 0 Å². The average molecular weight is 410 g/mol. The highest BCUT2D eigenvalue weighted by atomic mass is 19.1. The number of nitrogens with one attached hydrogen (secondary N) is 2. The minimum atomic E-state index is -0.636. The van der Waals surface area contributed by atoms with Crippen LogP contribution in [-0.2, 0) is 16.0 Å². The monoisotopic (exact) mass is 410 g/mol. The molecule has 0 saturated carbocycles. The van der Waals surface area contributed by atoms with Crippen LogP contribution in [0.4, 0.5) is 10.1 Å². The van der Waals surface area contributed by atoms with E-state index in [2.05, 4.69) is 15.6 Å². The van der Waals surface area contributed by atoms with E-state index in [0.717, 1.165) is 0 Å². The predicted molar refractivity (Wildman–Crippen MR) is 107 cm³/mol. The molecule has 0 unspecified atom stereocenters. The lowest BCUT2D eigenvalue weighted by atomic mass is 10.2. The Morgan fingerprint density at radius 2 is 1.73 bits per heavy atom. The van der Waals surface area contributed by atoms with Crippen LogP contribution in [0.25, 0.3) is 11.3 Å². The van der Waals surface area contributed by atoms with Gasteiger partial charge in [0.05, 0.1) is 12.7 Å². The Hall–Kier alpha value is -4.01. The summed E-state index contributed by atoms with van der Waals surface area (Å²) in [4.78, 5) is 38.8. The van der Waals surface area contributed by atoms with Crippen molar-refractivity contribution in [1.82, 2.24) is 10.3 Å². The van der Waals surface area contributed by atoms with Crippen molar-refractivity contribution in [1.29, 1.82) is 0 Å². The Balaban J connectivity index is 1.49. The molecule has 8 nitrogen and oxygen atoms in total. The zero-order valence-corrected chi connectivity index (χ0v) is 15.9. The first-order valence-corrected chi connectivity index (χ1v) is 9.08. The predicted octanol–water partition coefficient (Wildman–Crippen LogP) is 2.27. The van der Waals surface area contributed by atoms with Gasteiger partial charge in [0.2, 0.25) is 11.8 Å². The Kier molecular flexibility index (Phi) is 6.53. The minimum absolute atomic E-state index is 0.143. The van der Waals surface area contributed by atoms with Crippen LogP contribution < -0.4 is 16.4 Å². The summed E-state index contributed by atoms with van der Waals surface area (Å²) >= 11 is 0. The summed E-state index contributed by atoms with van der Waals surface area (Å²) in [5.74, 6) is -0.769. The normalized spacial score (nSPS) is 10.4. The fraction of sp³-hybridized carbons (Fsp3) is 0.143. The highest BCUT2D eigenvalue weighted by Crippen LogP contribution is 2.21. The van der Waals surface area contributed by atoms with Gasteiger partial charge in [0, 0.05) is 29.7 Å². The van der Waals surface area contributed by atoms with E-state index < -0.39 is 11.8 Å². The molecule has 0 saturated heterocycles.